The number of pyridine rings is 1. The number of methoxy groups -OCH3 is 2. The number of nitro groups is 1. The molecule has 55 heavy (non-hydrogen) atoms. The van der Waals surface area contributed by atoms with Gasteiger partial charge in [0.2, 0.25) is 0 Å². The number of esters is 1. The molecule has 6 rings (SSSR count). The molecule has 3 heterocycles. The summed E-state index contributed by atoms with van der Waals surface area (Å²) in [6, 6.07) is 20.3. The van der Waals surface area contributed by atoms with Crippen LogP contribution >= 0.6 is 11.6 Å². The standard InChI is InChI=1S/C39H35ClFN7O7/c1-54-33-9-4-3-7-25(33)21-31(44-37(49)24-10-13-27(14-11-24)48(52)53)38(50)47-19-17-46(18-20-47)23-32-34(39(51)55-2)35(28-15-12-26(41)22-29(28)40)45-36(43-32)30-8-5-6-16-42-30/h3-16,21-22,35H,17-20,23H2,1-2H3,(H,43,45)(H,44,49)/b31-21-. The van der Waals surface area contributed by atoms with Crippen LogP contribution in [0.5, 0.6) is 5.75 Å². The summed E-state index contributed by atoms with van der Waals surface area (Å²) in [5.74, 6) is -1.43. The molecule has 3 aromatic carbocycles. The van der Waals surface area contributed by atoms with Crippen LogP contribution in [0.15, 0.2) is 113 Å². The number of nitrogens with zero attached hydrogens (tertiary/aromatic N) is 5. The van der Waals surface area contributed by atoms with Crippen LogP contribution in [0.1, 0.15) is 33.2 Å². The number of amidine groups is 1. The number of ether oxygens (including phenoxy) is 2. The van der Waals surface area contributed by atoms with Crippen molar-refractivity contribution in [1.29, 1.82) is 0 Å². The van der Waals surface area contributed by atoms with Crippen molar-refractivity contribution in [1.82, 2.24) is 25.4 Å². The maximum atomic E-state index is 14.1. The number of carbonyl (C=O) groups is 3. The third-order valence-electron chi connectivity index (χ3n) is 8.99. The van der Waals surface area contributed by atoms with Crippen molar-refractivity contribution < 1.29 is 33.2 Å². The minimum atomic E-state index is -0.946. The molecule has 16 heteroatoms. The second kappa shape index (κ2) is 17.1. The van der Waals surface area contributed by atoms with Gasteiger partial charge in [-0.15, -0.1) is 0 Å². The second-order valence-electron chi connectivity index (χ2n) is 12.4. The van der Waals surface area contributed by atoms with E-state index in [0.717, 1.165) is 6.07 Å². The van der Waals surface area contributed by atoms with Gasteiger partial charge in [0.15, 0.2) is 5.84 Å². The zero-order valence-electron chi connectivity index (χ0n) is 29.7. The fourth-order valence-electron chi connectivity index (χ4n) is 6.18. The van der Waals surface area contributed by atoms with Gasteiger partial charge in [0.25, 0.3) is 17.5 Å². The molecule has 1 atom stereocenters. The average molecular weight is 768 g/mol. The molecule has 0 spiro atoms. The van der Waals surface area contributed by atoms with Crippen LogP contribution in [-0.4, -0.2) is 90.3 Å². The van der Waals surface area contributed by atoms with E-state index in [1.807, 2.05) is 4.90 Å². The van der Waals surface area contributed by atoms with Gasteiger partial charge >= 0.3 is 5.97 Å². The lowest BCUT2D eigenvalue weighted by Crippen LogP contribution is -2.52. The Morgan fingerprint density at radius 1 is 1.02 bits per heavy atom. The van der Waals surface area contributed by atoms with E-state index in [9.17, 15) is 28.9 Å². The molecule has 0 bridgehead atoms. The summed E-state index contributed by atoms with van der Waals surface area (Å²) in [7, 11) is 2.75. The van der Waals surface area contributed by atoms with E-state index < -0.39 is 34.6 Å². The summed E-state index contributed by atoms with van der Waals surface area (Å²) < 4.78 is 24.8. The number of benzene rings is 3. The number of non-ortho nitro benzene ring substituents is 1. The molecule has 0 aliphatic carbocycles. The average Bonchev–Trinajstić information content (AvgIpc) is 3.20. The Morgan fingerprint density at radius 3 is 2.40 bits per heavy atom. The van der Waals surface area contributed by atoms with E-state index >= 15 is 0 Å². The van der Waals surface area contributed by atoms with Crippen LogP contribution in [0, 0.1) is 15.9 Å². The number of nitro benzene ring substituents is 1. The van der Waals surface area contributed by atoms with Crippen LogP contribution in [0.25, 0.3) is 6.08 Å². The molecule has 1 fully saturated rings. The predicted molar refractivity (Wildman–Crippen MR) is 202 cm³/mol. The van der Waals surface area contributed by atoms with Crippen LogP contribution in [0.3, 0.4) is 0 Å². The maximum Gasteiger partial charge on any atom is 0.338 e. The summed E-state index contributed by atoms with van der Waals surface area (Å²) in [6.07, 6.45) is 3.13. The molecule has 0 radical (unpaired) electrons. The van der Waals surface area contributed by atoms with E-state index in [1.165, 1.54) is 56.7 Å². The van der Waals surface area contributed by atoms with Crippen molar-refractivity contribution in [2.75, 3.05) is 46.9 Å². The van der Waals surface area contributed by atoms with Crippen LogP contribution in [-0.2, 0) is 14.3 Å². The minimum absolute atomic E-state index is 0.0267. The molecular formula is C39H35ClFN7O7. The van der Waals surface area contributed by atoms with Gasteiger partial charge in [0, 0.05) is 78.5 Å². The van der Waals surface area contributed by atoms with Gasteiger partial charge < -0.3 is 25.0 Å². The van der Waals surface area contributed by atoms with Crippen molar-refractivity contribution in [3.63, 3.8) is 0 Å². The summed E-state index contributed by atoms with van der Waals surface area (Å²) in [4.78, 5) is 64.2. The second-order valence-corrected chi connectivity index (χ2v) is 12.8. The van der Waals surface area contributed by atoms with Gasteiger partial charge in [-0.3, -0.25) is 34.6 Å². The maximum absolute atomic E-state index is 14.1. The number of rotatable bonds is 11. The molecule has 2 amide bonds. The number of piperazine rings is 1. The Bertz CT molecular complexity index is 2210. The number of halogens is 2. The van der Waals surface area contributed by atoms with E-state index in [-0.39, 0.29) is 47.2 Å². The molecule has 2 aliphatic rings. The van der Waals surface area contributed by atoms with E-state index in [1.54, 1.807) is 53.6 Å². The number of para-hydroxylation sites is 1. The SMILES string of the molecule is COC(=O)C1=C(CN2CCN(C(=O)/C(=C/c3ccccc3OC)NC(=O)c3ccc([N+](=O)[O-])cc3)CC2)NC(c2ccccn2)=NC1c1ccc(F)cc1Cl. The van der Waals surface area contributed by atoms with Gasteiger partial charge in [0.1, 0.15) is 29.0 Å². The molecule has 4 aromatic rings. The smallest absolute Gasteiger partial charge is 0.338 e. The third-order valence-corrected chi connectivity index (χ3v) is 9.32. The quantitative estimate of drug-likeness (QED) is 0.0925. The van der Waals surface area contributed by atoms with Gasteiger partial charge in [-0.1, -0.05) is 41.9 Å². The van der Waals surface area contributed by atoms with E-state index in [4.69, 9.17) is 26.1 Å². The topological polar surface area (TPSA) is 169 Å². The number of nitrogens with one attached hydrogen (secondary N) is 2. The van der Waals surface area contributed by atoms with Crippen LogP contribution in [0.4, 0.5) is 10.1 Å². The lowest BCUT2D eigenvalue weighted by atomic mass is 9.94. The molecule has 1 aromatic heterocycles. The van der Waals surface area contributed by atoms with Crippen molar-refractivity contribution in [3.8, 4) is 5.75 Å². The monoisotopic (exact) mass is 767 g/mol. The zero-order valence-corrected chi connectivity index (χ0v) is 30.5. The number of hydrogen-bond donors (Lipinski definition) is 2. The minimum Gasteiger partial charge on any atom is -0.496 e. The first-order valence-electron chi connectivity index (χ1n) is 17.0. The summed E-state index contributed by atoms with van der Waals surface area (Å²) in [6.45, 7) is 1.48. The van der Waals surface area contributed by atoms with Crippen molar-refractivity contribution in [3.05, 3.63) is 151 Å². The van der Waals surface area contributed by atoms with Gasteiger partial charge in [-0.2, -0.15) is 0 Å². The molecular weight excluding hydrogens is 733 g/mol. The van der Waals surface area contributed by atoms with E-state index in [0.29, 0.717) is 47.2 Å². The third kappa shape index (κ3) is 8.86. The van der Waals surface area contributed by atoms with Gasteiger partial charge in [-0.25, -0.2) is 9.18 Å². The first-order valence-corrected chi connectivity index (χ1v) is 17.4. The fraction of sp³-hybridized carbons (Fsp3) is 0.205. The highest BCUT2D eigenvalue weighted by Gasteiger charge is 2.35. The first kappa shape index (κ1) is 38.3. The largest absolute Gasteiger partial charge is 0.496 e. The van der Waals surface area contributed by atoms with E-state index in [2.05, 4.69) is 15.6 Å². The summed E-state index contributed by atoms with van der Waals surface area (Å²) >= 11 is 6.50. The number of aromatic nitrogens is 1. The highest BCUT2D eigenvalue weighted by Crippen LogP contribution is 2.36. The normalized spacial score (nSPS) is 16.1. The highest BCUT2D eigenvalue weighted by atomic mass is 35.5. The summed E-state index contributed by atoms with van der Waals surface area (Å²) in [5.41, 5.74) is 2.03. The van der Waals surface area contributed by atoms with Crippen LogP contribution < -0.4 is 15.4 Å². The van der Waals surface area contributed by atoms with Crippen molar-refractivity contribution in [2.45, 2.75) is 6.04 Å². The fourth-order valence-corrected chi connectivity index (χ4v) is 6.45. The number of aliphatic imine (C=N–C) groups is 1. The predicted octanol–water partition coefficient (Wildman–Crippen LogP) is 4.92. The van der Waals surface area contributed by atoms with Gasteiger partial charge in [-0.05, 0) is 48.5 Å². The Kier molecular flexibility index (Phi) is 11.9. The Hall–Kier alpha value is -6.45. The van der Waals surface area contributed by atoms with Crippen molar-refractivity contribution in [2.24, 2.45) is 4.99 Å². The molecule has 1 unspecified atom stereocenters. The summed E-state index contributed by atoms with van der Waals surface area (Å²) in [5, 5.41) is 17.2. The first-order chi connectivity index (χ1) is 26.6. The van der Waals surface area contributed by atoms with Crippen molar-refractivity contribution >= 4 is 47.0 Å². The molecule has 1 saturated heterocycles. The molecule has 0 saturated carbocycles. The molecule has 2 aliphatic heterocycles. The van der Waals surface area contributed by atoms with Gasteiger partial charge in [0.05, 0.1) is 24.7 Å². The Labute approximate surface area is 320 Å². The Balaban J connectivity index is 1.25. The molecule has 282 valence electrons. The molecule has 14 nitrogen and oxygen atoms in total. The lowest BCUT2D eigenvalue weighted by Gasteiger charge is -2.37. The highest BCUT2D eigenvalue weighted by molar-refractivity contribution is 6.31. The molecule has 2 N–H and O–H groups in total. The zero-order chi connectivity index (χ0) is 39.1. The lowest BCUT2D eigenvalue weighted by molar-refractivity contribution is -0.384. The Morgan fingerprint density at radius 2 is 1.75 bits per heavy atom. The number of hydrogen-bond acceptors (Lipinski definition) is 11. The number of carbonyl (C=O) groups excluding carboxylic acids is 3. The number of amides is 2. The van der Waals surface area contributed by atoms with Crippen LogP contribution in [0.2, 0.25) is 5.02 Å².